The van der Waals surface area contributed by atoms with Crippen LogP contribution < -0.4 is 0 Å². The summed E-state index contributed by atoms with van der Waals surface area (Å²) in [5.74, 6) is 0. The van der Waals surface area contributed by atoms with E-state index in [1.54, 1.807) is 22.3 Å². The van der Waals surface area contributed by atoms with Gasteiger partial charge in [0.25, 0.3) is 0 Å². The van der Waals surface area contributed by atoms with E-state index in [0.717, 1.165) is 19.3 Å². The van der Waals surface area contributed by atoms with Crippen molar-refractivity contribution in [2.45, 2.75) is 207 Å². The Bertz CT molecular complexity index is 1020. The summed E-state index contributed by atoms with van der Waals surface area (Å²) in [4.78, 5) is 0. The van der Waals surface area contributed by atoms with Gasteiger partial charge in [-0.15, -0.1) is 5.10 Å². The first-order valence-corrected chi connectivity index (χ1v) is 19.3. The van der Waals surface area contributed by atoms with E-state index in [1.807, 2.05) is 0 Å². The zero-order valence-corrected chi connectivity index (χ0v) is 30.9. The first-order chi connectivity index (χ1) is 20.4. The number of aromatic nitrogens is 3. The molecule has 1 aromatic heterocycles. The Kier molecular flexibility index (Phi) is 17.3. The predicted octanol–water partition coefficient (Wildman–Crippen LogP) is 12.6. The molecule has 242 valence electrons. The van der Waals surface area contributed by atoms with Crippen LogP contribution in [0.15, 0.2) is 0 Å². The Morgan fingerprint density at radius 3 is 1.38 bits per heavy atom. The lowest BCUT2D eigenvalue weighted by Gasteiger charge is -2.48. The summed E-state index contributed by atoms with van der Waals surface area (Å²) in [5, 5.41) is 10.5. The molecule has 0 aliphatic heterocycles. The van der Waals surface area contributed by atoms with Crippen molar-refractivity contribution in [3.05, 3.63) is 22.3 Å². The molecule has 0 aliphatic rings. The van der Waals surface area contributed by atoms with Gasteiger partial charge in [0.05, 0.1) is 15.4 Å². The second-order valence-electron chi connectivity index (χ2n) is 13.2. The largest absolute Gasteiger partial charge is 0.237 e. The third-order valence-corrected chi connectivity index (χ3v) is 11.8. The van der Waals surface area contributed by atoms with Crippen molar-refractivity contribution in [2.24, 2.45) is 0 Å². The van der Waals surface area contributed by atoms with Crippen LogP contribution in [-0.4, -0.2) is 19.3 Å². The van der Waals surface area contributed by atoms with Gasteiger partial charge in [-0.1, -0.05) is 141 Å². The van der Waals surface area contributed by atoms with E-state index < -0.39 is 0 Å². The molecular formula is C38H68BrN3. The summed E-state index contributed by atoms with van der Waals surface area (Å²) >= 11 is 4.53. The van der Waals surface area contributed by atoms with Crippen LogP contribution in [0, 0.1) is 0 Å². The Morgan fingerprint density at radius 1 is 0.524 bits per heavy atom. The van der Waals surface area contributed by atoms with Gasteiger partial charge in [0.1, 0.15) is 5.52 Å². The third-order valence-electron chi connectivity index (χ3n) is 10.1. The fourth-order valence-corrected chi connectivity index (χ4v) is 8.22. The van der Waals surface area contributed by atoms with Gasteiger partial charge in [-0.3, -0.25) is 0 Å². The Balaban J connectivity index is 3.13. The lowest BCUT2D eigenvalue weighted by molar-refractivity contribution is 0.132. The number of hydrogen-bond acceptors (Lipinski definition) is 2. The number of benzene rings is 1. The fourth-order valence-electron chi connectivity index (χ4n) is 7.37. The number of halogens is 1. The lowest BCUT2D eigenvalue weighted by Crippen LogP contribution is -2.52. The maximum atomic E-state index is 5.31. The number of rotatable bonds is 24. The summed E-state index contributed by atoms with van der Waals surface area (Å²) in [7, 11) is 0. The SMILES string of the molecule is CCCCc1c(CCCC)c(CCCC)c2c(nnn2C(CCCC)(CCCC)C(Br)(CC)CCCC)c1CCCC. The minimum atomic E-state index is -0.0758. The van der Waals surface area contributed by atoms with Crippen molar-refractivity contribution < 1.29 is 0 Å². The molecule has 0 bridgehead atoms. The second kappa shape index (κ2) is 19.5. The number of hydrogen-bond donors (Lipinski definition) is 0. The molecule has 0 amide bonds. The van der Waals surface area contributed by atoms with E-state index in [4.69, 9.17) is 10.3 Å². The monoisotopic (exact) mass is 645 g/mol. The van der Waals surface area contributed by atoms with Gasteiger partial charge in [-0.2, -0.15) is 0 Å². The lowest BCUT2D eigenvalue weighted by atomic mass is 9.72. The minimum Gasteiger partial charge on any atom is -0.237 e. The van der Waals surface area contributed by atoms with Crippen LogP contribution in [0.25, 0.3) is 11.0 Å². The highest BCUT2D eigenvalue weighted by atomic mass is 79.9. The van der Waals surface area contributed by atoms with Crippen LogP contribution in [0.4, 0.5) is 0 Å². The van der Waals surface area contributed by atoms with Crippen molar-refractivity contribution in [1.82, 2.24) is 15.0 Å². The Morgan fingerprint density at radius 2 is 0.929 bits per heavy atom. The van der Waals surface area contributed by atoms with Crippen LogP contribution in [0.5, 0.6) is 0 Å². The van der Waals surface area contributed by atoms with Crippen molar-refractivity contribution in [1.29, 1.82) is 0 Å². The van der Waals surface area contributed by atoms with Gasteiger partial charge in [-0.05, 0) is 99.3 Å². The van der Waals surface area contributed by atoms with E-state index in [0.29, 0.717) is 0 Å². The highest BCUT2D eigenvalue weighted by Crippen LogP contribution is 2.51. The molecule has 2 rings (SSSR count). The standard InChI is InChI=1S/C38H68BrN3/c1-9-17-24-31-32(25-18-10-2)34(27-20-12-4)36-35(33(31)26-19-11-3)40-41-42(36)38(29-22-14-6,30-23-15-7)37(39,16-8)28-21-13-5/h9-30H2,1-8H3. The summed E-state index contributed by atoms with van der Waals surface area (Å²) < 4.78 is 2.58. The summed E-state index contributed by atoms with van der Waals surface area (Å²) in [6, 6.07) is 0. The molecule has 3 nitrogen and oxygen atoms in total. The van der Waals surface area contributed by atoms with Crippen molar-refractivity contribution in [3.63, 3.8) is 0 Å². The normalized spacial score (nSPS) is 13.7. The molecule has 2 aromatic rings. The number of aryl methyl sites for hydroxylation is 2. The van der Waals surface area contributed by atoms with Crippen molar-refractivity contribution in [2.75, 3.05) is 0 Å². The number of fused-ring (bicyclic) bond motifs is 1. The third kappa shape index (κ3) is 8.63. The molecule has 0 aliphatic carbocycles. The Labute approximate surface area is 269 Å². The fraction of sp³-hybridized carbons (Fsp3) is 0.842. The Hall–Kier alpha value is -0.900. The average Bonchev–Trinajstić information content (AvgIpc) is 3.45. The predicted molar refractivity (Wildman–Crippen MR) is 190 cm³/mol. The first-order valence-electron chi connectivity index (χ1n) is 18.5. The maximum absolute atomic E-state index is 5.31. The molecule has 1 aromatic carbocycles. The van der Waals surface area contributed by atoms with E-state index in [1.165, 1.54) is 133 Å². The van der Waals surface area contributed by atoms with Crippen LogP contribution in [0.1, 0.15) is 193 Å². The second-order valence-corrected chi connectivity index (χ2v) is 14.7. The quantitative estimate of drug-likeness (QED) is 0.106. The van der Waals surface area contributed by atoms with Gasteiger partial charge in [0.15, 0.2) is 0 Å². The molecule has 1 atom stereocenters. The van der Waals surface area contributed by atoms with Gasteiger partial charge in [-0.25, -0.2) is 4.68 Å². The molecule has 0 spiro atoms. The highest BCUT2D eigenvalue weighted by molar-refractivity contribution is 9.10. The van der Waals surface area contributed by atoms with Crippen LogP contribution in [0.2, 0.25) is 0 Å². The van der Waals surface area contributed by atoms with Gasteiger partial charge >= 0.3 is 0 Å². The van der Waals surface area contributed by atoms with Gasteiger partial charge < -0.3 is 0 Å². The summed E-state index contributed by atoms with van der Waals surface area (Å²) in [6.07, 6.45) is 26.6. The van der Waals surface area contributed by atoms with E-state index >= 15 is 0 Å². The van der Waals surface area contributed by atoms with Crippen LogP contribution in [0.3, 0.4) is 0 Å². The first kappa shape index (κ1) is 37.3. The van der Waals surface area contributed by atoms with Crippen molar-refractivity contribution in [3.8, 4) is 0 Å². The number of nitrogens with zero attached hydrogens (tertiary/aromatic N) is 3. The molecule has 0 N–H and O–H groups in total. The number of alkyl halides is 1. The average molecular weight is 647 g/mol. The molecule has 0 radical (unpaired) electrons. The molecule has 4 heteroatoms. The topological polar surface area (TPSA) is 30.7 Å². The zero-order valence-electron chi connectivity index (χ0n) is 29.3. The smallest absolute Gasteiger partial charge is 0.116 e. The van der Waals surface area contributed by atoms with E-state index in [9.17, 15) is 0 Å². The molecule has 0 saturated heterocycles. The van der Waals surface area contributed by atoms with Crippen LogP contribution >= 0.6 is 15.9 Å². The van der Waals surface area contributed by atoms with E-state index in [2.05, 4.69) is 76.0 Å². The molecule has 1 unspecified atom stereocenters. The molecule has 42 heavy (non-hydrogen) atoms. The zero-order chi connectivity index (χ0) is 31.0. The molecule has 0 fully saturated rings. The molecule has 0 saturated carbocycles. The molecule has 1 heterocycles. The minimum absolute atomic E-state index is 0.0110. The summed E-state index contributed by atoms with van der Waals surface area (Å²) in [5.41, 5.74) is 9.09. The van der Waals surface area contributed by atoms with Gasteiger partial charge in [0.2, 0.25) is 0 Å². The molecular weight excluding hydrogens is 578 g/mol. The van der Waals surface area contributed by atoms with Crippen molar-refractivity contribution >= 4 is 27.0 Å². The summed E-state index contributed by atoms with van der Waals surface area (Å²) in [6.45, 7) is 18.9. The maximum Gasteiger partial charge on any atom is 0.116 e. The van der Waals surface area contributed by atoms with E-state index in [-0.39, 0.29) is 9.86 Å². The highest BCUT2D eigenvalue weighted by Gasteiger charge is 2.50. The van der Waals surface area contributed by atoms with Crippen LogP contribution in [-0.2, 0) is 31.2 Å². The van der Waals surface area contributed by atoms with Gasteiger partial charge in [0, 0.05) is 0 Å². The number of unbranched alkanes of at least 4 members (excludes halogenated alkanes) is 7.